The van der Waals surface area contributed by atoms with Gasteiger partial charge in [-0.3, -0.25) is 9.59 Å². The monoisotopic (exact) mass is 567 g/mol. The van der Waals surface area contributed by atoms with Crippen molar-refractivity contribution in [2.45, 2.75) is 41.0 Å². The van der Waals surface area contributed by atoms with E-state index >= 15 is 0 Å². The van der Waals surface area contributed by atoms with E-state index in [2.05, 4.69) is 90.8 Å². The van der Waals surface area contributed by atoms with E-state index in [1.165, 1.54) is 0 Å². The fourth-order valence-corrected chi connectivity index (χ4v) is 5.37. The summed E-state index contributed by atoms with van der Waals surface area (Å²) in [6.45, 7) is 18.4. The van der Waals surface area contributed by atoms with E-state index in [1.54, 1.807) is 6.92 Å². The summed E-state index contributed by atoms with van der Waals surface area (Å²) in [6.07, 6.45) is 0.616. The molecule has 0 fully saturated rings. The minimum atomic E-state index is -0.173. The lowest BCUT2D eigenvalue weighted by molar-refractivity contribution is -0.117. The highest BCUT2D eigenvalue weighted by atomic mass is 16.3. The lowest BCUT2D eigenvalue weighted by Crippen LogP contribution is -2.30. The van der Waals surface area contributed by atoms with Crippen LogP contribution >= 0.6 is 0 Å². The first kappa shape index (κ1) is 30.6. The van der Waals surface area contributed by atoms with Crippen LogP contribution in [0.15, 0.2) is 77.2 Å². The highest BCUT2D eigenvalue weighted by Gasteiger charge is 2.22. The average molecular weight is 568 g/mol. The maximum absolute atomic E-state index is 13.5. The van der Waals surface area contributed by atoms with Gasteiger partial charge in [-0.25, -0.2) is 4.58 Å². The Morgan fingerprint density at radius 1 is 0.881 bits per heavy atom. The van der Waals surface area contributed by atoms with Gasteiger partial charge in [-0.2, -0.15) is 0 Å². The fourth-order valence-electron chi connectivity index (χ4n) is 5.37. The molecular formula is C35H43N4O3+. The molecule has 0 unspecified atom stereocenters. The Morgan fingerprint density at radius 3 is 2.29 bits per heavy atom. The van der Waals surface area contributed by atoms with E-state index in [9.17, 15) is 9.59 Å². The van der Waals surface area contributed by atoms with E-state index in [0.717, 1.165) is 70.6 Å². The minimum Gasteiger partial charge on any atom is -0.456 e. The number of hydrogen-bond acceptors (Lipinski definition) is 4. The number of benzene rings is 3. The quantitative estimate of drug-likeness (QED) is 0.100. The molecule has 0 spiro atoms. The maximum Gasteiger partial charge on any atom is 0.251 e. The third-order valence-electron chi connectivity index (χ3n) is 7.70. The third-order valence-corrected chi connectivity index (χ3v) is 7.70. The molecule has 2 aromatic carbocycles. The molecular weight excluding hydrogens is 524 g/mol. The lowest BCUT2D eigenvalue weighted by Gasteiger charge is -2.22. The van der Waals surface area contributed by atoms with E-state index in [-0.39, 0.29) is 11.8 Å². The normalized spacial score (nSPS) is 11.0. The Labute approximate surface area is 248 Å². The number of nitrogens with one attached hydrogen (secondary N) is 2. The van der Waals surface area contributed by atoms with Gasteiger partial charge in [0.1, 0.15) is 24.4 Å². The van der Waals surface area contributed by atoms with E-state index in [1.807, 2.05) is 24.3 Å². The first-order valence-corrected chi connectivity index (χ1v) is 15.0. The van der Waals surface area contributed by atoms with Crippen LogP contribution in [0.5, 0.6) is 0 Å². The molecule has 0 radical (unpaired) electrons. The summed E-state index contributed by atoms with van der Waals surface area (Å²) >= 11 is 0. The third kappa shape index (κ3) is 6.56. The highest BCUT2D eigenvalue weighted by molar-refractivity contribution is 6.09. The molecule has 0 saturated heterocycles. The molecule has 4 rings (SSSR count). The Bertz CT molecular complexity index is 1630. The zero-order chi connectivity index (χ0) is 30.2. The van der Waals surface area contributed by atoms with Gasteiger partial charge in [0.05, 0.1) is 6.07 Å². The number of anilines is 1. The van der Waals surface area contributed by atoms with Gasteiger partial charge in [-0.15, -0.1) is 0 Å². The second kappa shape index (κ2) is 14.0. The highest BCUT2D eigenvalue weighted by Crippen LogP contribution is 2.42. The second-order valence-corrected chi connectivity index (χ2v) is 10.4. The molecule has 7 nitrogen and oxygen atoms in total. The zero-order valence-corrected chi connectivity index (χ0v) is 25.5. The molecule has 1 aliphatic heterocycles. The lowest BCUT2D eigenvalue weighted by atomic mass is 9.90. The second-order valence-electron chi connectivity index (χ2n) is 10.4. The number of rotatable bonds is 12. The van der Waals surface area contributed by atoms with Gasteiger partial charge in [0.2, 0.25) is 11.3 Å². The molecule has 2 aliphatic rings. The Kier molecular flexibility index (Phi) is 10.2. The Hall–Kier alpha value is -4.39. The van der Waals surface area contributed by atoms with Crippen LogP contribution in [0, 0.1) is 0 Å². The number of nitrogens with zero attached hydrogens (tertiary/aromatic N) is 2. The van der Waals surface area contributed by atoms with E-state index < -0.39 is 0 Å². The molecule has 2 amide bonds. The van der Waals surface area contributed by atoms with Crippen LogP contribution in [0.4, 0.5) is 5.69 Å². The summed E-state index contributed by atoms with van der Waals surface area (Å²) in [5, 5.41) is 7.90. The molecule has 0 bridgehead atoms. The van der Waals surface area contributed by atoms with E-state index in [4.69, 9.17) is 4.42 Å². The number of carbonyl (C=O) groups excluding carboxylic acids is 2. The number of carbonyl (C=O) groups is 2. The molecule has 0 aromatic heterocycles. The van der Waals surface area contributed by atoms with Crippen LogP contribution in [0.3, 0.4) is 0 Å². The largest absolute Gasteiger partial charge is 0.456 e. The van der Waals surface area contributed by atoms with Crippen LogP contribution in [0.2, 0.25) is 0 Å². The van der Waals surface area contributed by atoms with Crippen molar-refractivity contribution in [1.82, 2.24) is 15.2 Å². The van der Waals surface area contributed by atoms with Gasteiger partial charge in [-0.1, -0.05) is 24.8 Å². The number of hydrogen-bond donors (Lipinski definition) is 2. The summed E-state index contributed by atoms with van der Waals surface area (Å²) < 4.78 is 8.90. The first-order chi connectivity index (χ1) is 20.3. The van der Waals surface area contributed by atoms with Crippen molar-refractivity contribution in [3.05, 3.63) is 83.7 Å². The molecule has 1 heterocycles. The molecule has 2 aromatic rings. The van der Waals surface area contributed by atoms with Gasteiger partial charge in [0.15, 0.2) is 0 Å². The Balaban J connectivity index is 1.82. The summed E-state index contributed by atoms with van der Waals surface area (Å²) in [6, 6.07) is 20.4. The van der Waals surface area contributed by atoms with Crippen LogP contribution in [-0.2, 0) is 4.79 Å². The standard InChI is InChI=1S/C35H42N4O3/c1-7-38(8-2)25-16-18-29-31(22-25)42-32-23-26(39(9-3)10-4)17-19-30(32)33(29)27-14-11-12-15-28(27)35(41)37-21-13-20-36-34(40)24(5)6/h11-12,14-19,22-23H,5,7-10,13,20-21H2,1-4,6H3,(H-,36,37,40,41)/p+1. The van der Waals surface area contributed by atoms with Crippen molar-refractivity contribution in [3.63, 3.8) is 0 Å². The van der Waals surface area contributed by atoms with Crippen molar-refractivity contribution < 1.29 is 14.0 Å². The van der Waals surface area contributed by atoms with Crippen LogP contribution in [-0.4, -0.2) is 51.1 Å². The van der Waals surface area contributed by atoms with Crippen molar-refractivity contribution >= 4 is 28.5 Å². The molecule has 0 saturated carbocycles. The molecule has 7 heteroatoms. The van der Waals surface area contributed by atoms with Crippen molar-refractivity contribution in [1.29, 1.82) is 0 Å². The average Bonchev–Trinajstić information content (AvgIpc) is 3.00. The zero-order valence-electron chi connectivity index (χ0n) is 25.5. The predicted octanol–water partition coefficient (Wildman–Crippen LogP) is 5.68. The molecule has 2 N–H and O–H groups in total. The van der Waals surface area contributed by atoms with Gasteiger partial charge < -0.3 is 20.0 Å². The fraction of sp³-hybridized carbons (Fsp3) is 0.343. The van der Waals surface area contributed by atoms with Crippen LogP contribution in [0.25, 0.3) is 33.4 Å². The van der Waals surface area contributed by atoms with Gasteiger partial charge in [-0.05, 0) is 70.9 Å². The first-order valence-electron chi connectivity index (χ1n) is 15.0. The Morgan fingerprint density at radius 2 is 1.60 bits per heavy atom. The summed E-state index contributed by atoms with van der Waals surface area (Å²) in [7, 11) is 0. The van der Waals surface area contributed by atoms with Gasteiger partial charge >= 0.3 is 0 Å². The molecule has 1 aliphatic carbocycles. The van der Waals surface area contributed by atoms with Crippen LogP contribution in [0.1, 0.15) is 51.4 Å². The molecule has 220 valence electrons. The summed E-state index contributed by atoms with van der Waals surface area (Å²) in [5.41, 5.74) is 5.73. The molecule has 42 heavy (non-hydrogen) atoms. The topological polar surface area (TPSA) is 77.6 Å². The van der Waals surface area contributed by atoms with E-state index in [0.29, 0.717) is 30.6 Å². The van der Waals surface area contributed by atoms with Crippen molar-refractivity contribution in [2.75, 3.05) is 44.2 Å². The predicted molar refractivity (Wildman–Crippen MR) is 173 cm³/mol. The number of amides is 2. The SMILES string of the molecule is C=C(C)C(=O)NCCCNC(=O)c1ccccc1-c1c2ccc(=[N+](CC)CC)cc-2oc2cc(N(CC)CC)ccc12. The number of fused-ring (bicyclic) bond motifs is 2. The van der Waals surface area contributed by atoms with Gasteiger partial charge in [0.25, 0.3) is 5.91 Å². The maximum atomic E-state index is 13.5. The van der Waals surface area contributed by atoms with Crippen molar-refractivity contribution in [3.8, 4) is 22.5 Å². The van der Waals surface area contributed by atoms with Crippen molar-refractivity contribution in [2.24, 2.45) is 0 Å². The summed E-state index contributed by atoms with van der Waals surface area (Å²) in [4.78, 5) is 27.6. The minimum absolute atomic E-state index is 0.154. The van der Waals surface area contributed by atoms with Crippen LogP contribution < -0.4 is 25.5 Å². The molecule has 0 atom stereocenters. The van der Waals surface area contributed by atoms with Gasteiger partial charge in [0, 0.05) is 71.6 Å². The summed E-state index contributed by atoms with van der Waals surface area (Å²) in [5.74, 6) is 0.453. The smallest absolute Gasteiger partial charge is 0.251 e.